The molecular formula is C14H14O. The van der Waals surface area contributed by atoms with Gasteiger partial charge in [-0.15, -0.1) is 6.58 Å². The predicted molar refractivity (Wildman–Crippen MR) is 62.9 cm³/mol. The molecule has 0 amide bonds. The van der Waals surface area contributed by atoms with Gasteiger partial charge >= 0.3 is 0 Å². The van der Waals surface area contributed by atoms with E-state index in [1.54, 1.807) is 6.07 Å². The Morgan fingerprint density at radius 2 is 2.07 bits per heavy atom. The highest BCUT2D eigenvalue weighted by molar-refractivity contribution is 5.47. The van der Waals surface area contributed by atoms with Gasteiger partial charge in [-0.2, -0.15) is 0 Å². The van der Waals surface area contributed by atoms with Crippen LogP contribution in [0.4, 0.5) is 0 Å². The summed E-state index contributed by atoms with van der Waals surface area (Å²) in [6.45, 7) is 3.88. The molecule has 1 unspecified atom stereocenters. The first-order valence-corrected chi connectivity index (χ1v) is 5.05. The van der Waals surface area contributed by atoms with E-state index in [1.165, 1.54) is 0 Å². The number of hydrogen-bond donors (Lipinski definition) is 1. The average molecular weight is 198 g/mol. The van der Waals surface area contributed by atoms with Gasteiger partial charge < -0.3 is 5.11 Å². The fraction of sp³-hybridized carbons (Fsp3) is 0.143. The van der Waals surface area contributed by atoms with Crippen LogP contribution in [0.3, 0.4) is 0 Å². The van der Waals surface area contributed by atoms with Crippen molar-refractivity contribution in [2.24, 2.45) is 0 Å². The number of rotatable bonds is 2. The van der Waals surface area contributed by atoms with E-state index in [0.717, 1.165) is 12.0 Å². The third kappa shape index (κ3) is 1.61. The van der Waals surface area contributed by atoms with Crippen LogP contribution in [-0.4, -0.2) is 5.11 Å². The molecule has 1 heteroatoms. The molecule has 2 rings (SSSR count). The Morgan fingerprint density at radius 3 is 2.67 bits per heavy atom. The van der Waals surface area contributed by atoms with Crippen molar-refractivity contribution in [1.29, 1.82) is 0 Å². The van der Waals surface area contributed by atoms with Crippen LogP contribution in [0.25, 0.3) is 0 Å². The van der Waals surface area contributed by atoms with Crippen LogP contribution in [0.1, 0.15) is 12.0 Å². The molecule has 0 bridgehead atoms. The summed E-state index contributed by atoms with van der Waals surface area (Å²) in [7, 11) is 0. The molecule has 76 valence electrons. The van der Waals surface area contributed by atoms with Crippen LogP contribution in [-0.2, 0) is 5.41 Å². The smallest absolute Gasteiger partial charge is 0.119 e. The van der Waals surface area contributed by atoms with Gasteiger partial charge in [0.05, 0.1) is 0 Å². The second kappa shape index (κ2) is 3.77. The van der Waals surface area contributed by atoms with Crippen LogP contribution in [0.5, 0.6) is 5.75 Å². The molecular weight excluding hydrogens is 184 g/mol. The van der Waals surface area contributed by atoms with Gasteiger partial charge in [0.2, 0.25) is 0 Å². The van der Waals surface area contributed by atoms with Crippen LogP contribution in [0, 0.1) is 0 Å². The minimum atomic E-state index is -0.250. The van der Waals surface area contributed by atoms with E-state index in [2.05, 4.69) is 18.7 Å². The molecule has 1 atom stereocenters. The normalized spacial score (nSPS) is 24.0. The first-order valence-electron chi connectivity index (χ1n) is 5.05. The zero-order valence-electron chi connectivity index (χ0n) is 8.56. The van der Waals surface area contributed by atoms with Gasteiger partial charge in [-0.05, 0) is 12.5 Å². The van der Waals surface area contributed by atoms with Crippen molar-refractivity contribution in [2.75, 3.05) is 0 Å². The van der Waals surface area contributed by atoms with Gasteiger partial charge in [0.25, 0.3) is 0 Å². The van der Waals surface area contributed by atoms with Gasteiger partial charge in [-0.3, -0.25) is 0 Å². The van der Waals surface area contributed by atoms with Gasteiger partial charge in [-0.25, -0.2) is 0 Å². The summed E-state index contributed by atoms with van der Waals surface area (Å²) >= 11 is 0. The lowest BCUT2D eigenvalue weighted by molar-refractivity contribution is 0.457. The number of allylic oxidation sites excluding steroid dienone is 5. The topological polar surface area (TPSA) is 20.2 Å². The fourth-order valence-corrected chi connectivity index (χ4v) is 1.97. The molecule has 1 aromatic rings. The van der Waals surface area contributed by atoms with Gasteiger partial charge in [0.1, 0.15) is 5.75 Å². The highest BCUT2D eigenvalue weighted by Crippen LogP contribution is 2.38. The number of phenols is 1. The largest absolute Gasteiger partial charge is 0.508 e. The second-order valence-electron chi connectivity index (χ2n) is 3.75. The molecule has 1 aromatic carbocycles. The third-order valence-corrected chi connectivity index (χ3v) is 2.87. The Hall–Kier alpha value is -1.76. The minimum absolute atomic E-state index is 0.250. The number of aromatic hydroxyl groups is 1. The Bertz CT molecular complexity index is 429. The molecule has 0 saturated carbocycles. The maximum atomic E-state index is 9.85. The highest BCUT2D eigenvalue weighted by Gasteiger charge is 2.27. The van der Waals surface area contributed by atoms with Crippen molar-refractivity contribution < 1.29 is 5.11 Å². The summed E-state index contributed by atoms with van der Waals surface area (Å²) in [5, 5.41) is 9.85. The van der Waals surface area contributed by atoms with Crippen LogP contribution < -0.4 is 0 Å². The minimum Gasteiger partial charge on any atom is -0.508 e. The van der Waals surface area contributed by atoms with Gasteiger partial charge in [0, 0.05) is 11.0 Å². The monoisotopic (exact) mass is 198 g/mol. The van der Waals surface area contributed by atoms with Crippen LogP contribution >= 0.6 is 0 Å². The summed E-state index contributed by atoms with van der Waals surface area (Å²) in [6.07, 6.45) is 10.9. The lowest BCUT2D eigenvalue weighted by Gasteiger charge is -2.28. The van der Waals surface area contributed by atoms with Crippen molar-refractivity contribution in [3.05, 3.63) is 66.8 Å². The first kappa shape index (κ1) is 9.78. The Balaban J connectivity index is 2.52. The Morgan fingerprint density at radius 1 is 1.27 bits per heavy atom. The van der Waals surface area contributed by atoms with Crippen molar-refractivity contribution in [3.8, 4) is 5.75 Å². The molecule has 0 saturated heterocycles. The van der Waals surface area contributed by atoms with Crippen molar-refractivity contribution >= 4 is 0 Å². The third-order valence-electron chi connectivity index (χ3n) is 2.87. The van der Waals surface area contributed by atoms with E-state index in [1.807, 2.05) is 36.4 Å². The number of hydrogen-bond acceptors (Lipinski definition) is 1. The summed E-state index contributed by atoms with van der Waals surface area (Å²) in [5.74, 6) is 0.331. The van der Waals surface area contributed by atoms with E-state index in [4.69, 9.17) is 0 Å². The van der Waals surface area contributed by atoms with Crippen molar-refractivity contribution in [1.82, 2.24) is 0 Å². The van der Waals surface area contributed by atoms with Gasteiger partial charge in [-0.1, -0.05) is 48.6 Å². The van der Waals surface area contributed by atoms with Crippen molar-refractivity contribution in [3.63, 3.8) is 0 Å². The Labute approximate surface area is 90.1 Å². The van der Waals surface area contributed by atoms with E-state index >= 15 is 0 Å². The maximum absolute atomic E-state index is 9.85. The fourth-order valence-electron chi connectivity index (χ4n) is 1.97. The lowest BCUT2D eigenvalue weighted by Crippen LogP contribution is -2.20. The number of phenolic OH excluding ortho intramolecular Hbond substituents is 1. The molecule has 1 N–H and O–H groups in total. The van der Waals surface area contributed by atoms with E-state index in [9.17, 15) is 5.11 Å². The molecule has 0 heterocycles. The average Bonchev–Trinajstić information content (AvgIpc) is 2.30. The quantitative estimate of drug-likeness (QED) is 0.723. The van der Waals surface area contributed by atoms with E-state index < -0.39 is 0 Å². The highest BCUT2D eigenvalue weighted by atomic mass is 16.3. The van der Waals surface area contributed by atoms with E-state index in [0.29, 0.717) is 5.75 Å². The van der Waals surface area contributed by atoms with Crippen LogP contribution in [0.2, 0.25) is 0 Å². The summed E-state index contributed by atoms with van der Waals surface area (Å²) in [6, 6.07) is 7.43. The lowest BCUT2D eigenvalue weighted by atomic mass is 9.75. The SMILES string of the molecule is C=CC1(c2ccccc2O)C=CC=CC1. The first-order chi connectivity index (χ1) is 7.28. The molecule has 1 aliphatic carbocycles. The molecule has 0 spiro atoms. The zero-order chi connectivity index (χ0) is 10.7. The standard InChI is InChI=1S/C14H14O/c1-2-14(10-6-3-7-11-14)12-8-4-5-9-13(12)15/h2-10,15H,1,11H2. The summed E-state index contributed by atoms with van der Waals surface area (Å²) in [5.41, 5.74) is 0.667. The Kier molecular flexibility index (Phi) is 2.46. The maximum Gasteiger partial charge on any atom is 0.119 e. The zero-order valence-corrected chi connectivity index (χ0v) is 8.56. The molecule has 0 aliphatic heterocycles. The van der Waals surface area contributed by atoms with Gasteiger partial charge in [0.15, 0.2) is 0 Å². The van der Waals surface area contributed by atoms with E-state index in [-0.39, 0.29) is 5.41 Å². The molecule has 1 nitrogen and oxygen atoms in total. The molecule has 0 aromatic heterocycles. The van der Waals surface area contributed by atoms with Crippen molar-refractivity contribution in [2.45, 2.75) is 11.8 Å². The molecule has 15 heavy (non-hydrogen) atoms. The summed E-state index contributed by atoms with van der Waals surface area (Å²) in [4.78, 5) is 0. The molecule has 0 fully saturated rings. The second-order valence-corrected chi connectivity index (χ2v) is 3.75. The van der Waals surface area contributed by atoms with Crippen LogP contribution in [0.15, 0.2) is 61.2 Å². The predicted octanol–water partition coefficient (Wildman–Crippen LogP) is 3.33. The molecule has 1 aliphatic rings. The number of para-hydroxylation sites is 1. The summed E-state index contributed by atoms with van der Waals surface area (Å²) < 4.78 is 0. The molecule has 0 radical (unpaired) electrons. The number of benzene rings is 1.